The van der Waals surface area contributed by atoms with E-state index in [1.165, 1.54) is 161 Å². The third kappa shape index (κ3) is 52.2. The van der Waals surface area contributed by atoms with Gasteiger partial charge >= 0.3 is 17.9 Å². The highest BCUT2D eigenvalue weighted by Crippen LogP contribution is 2.16. The Morgan fingerprint density at radius 2 is 0.600 bits per heavy atom. The van der Waals surface area contributed by atoms with Crippen LogP contribution in [0.4, 0.5) is 0 Å². The molecule has 0 aliphatic carbocycles. The maximum Gasteiger partial charge on any atom is 0.306 e. The van der Waals surface area contributed by atoms with E-state index in [1.54, 1.807) is 0 Å². The van der Waals surface area contributed by atoms with Crippen molar-refractivity contribution in [1.29, 1.82) is 0 Å². The molecule has 0 saturated carbocycles. The second-order valence-electron chi connectivity index (χ2n) is 18.8. The van der Waals surface area contributed by atoms with Crippen molar-refractivity contribution in [2.45, 2.75) is 297 Å². The molecule has 0 aliphatic rings. The van der Waals surface area contributed by atoms with Crippen LogP contribution in [-0.2, 0) is 28.6 Å². The third-order valence-corrected chi connectivity index (χ3v) is 12.3. The van der Waals surface area contributed by atoms with Gasteiger partial charge in [-0.3, -0.25) is 14.4 Å². The van der Waals surface area contributed by atoms with Crippen LogP contribution in [0, 0.1) is 0 Å². The smallest absolute Gasteiger partial charge is 0.306 e. The van der Waals surface area contributed by atoms with Crippen molar-refractivity contribution in [2.24, 2.45) is 0 Å². The molecule has 0 fully saturated rings. The molecule has 0 N–H and O–H groups in total. The Morgan fingerprint density at radius 1 is 0.323 bits per heavy atom. The van der Waals surface area contributed by atoms with Crippen LogP contribution in [0.3, 0.4) is 0 Å². The minimum Gasteiger partial charge on any atom is -0.462 e. The van der Waals surface area contributed by atoms with Crippen molar-refractivity contribution in [3.63, 3.8) is 0 Å². The zero-order chi connectivity index (χ0) is 47.2. The fourth-order valence-electron chi connectivity index (χ4n) is 8.14. The Kier molecular flexibility index (Phi) is 51.8. The van der Waals surface area contributed by atoms with E-state index < -0.39 is 6.10 Å². The number of esters is 3. The van der Waals surface area contributed by atoms with Gasteiger partial charge < -0.3 is 14.2 Å². The molecule has 0 bridgehead atoms. The lowest BCUT2D eigenvalue weighted by atomic mass is 10.0. The molecule has 65 heavy (non-hydrogen) atoms. The maximum atomic E-state index is 12.8. The predicted molar refractivity (Wildman–Crippen MR) is 279 cm³/mol. The van der Waals surface area contributed by atoms with Gasteiger partial charge in [0.2, 0.25) is 0 Å². The first-order chi connectivity index (χ1) is 32.0. The van der Waals surface area contributed by atoms with E-state index in [1.807, 2.05) is 0 Å². The first-order valence-corrected chi connectivity index (χ1v) is 28.1. The summed E-state index contributed by atoms with van der Waals surface area (Å²) in [5.74, 6) is -0.872. The summed E-state index contributed by atoms with van der Waals surface area (Å²) in [5, 5.41) is 0. The molecule has 0 amide bonds. The molecule has 378 valence electrons. The van der Waals surface area contributed by atoms with E-state index >= 15 is 0 Å². The summed E-state index contributed by atoms with van der Waals surface area (Å²) in [6.07, 6.45) is 65.2. The minimum atomic E-state index is -0.774. The van der Waals surface area contributed by atoms with Crippen LogP contribution >= 0.6 is 0 Å². The summed E-state index contributed by atoms with van der Waals surface area (Å²) in [6.45, 7) is 6.55. The Morgan fingerprint density at radius 3 is 0.938 bits per heavy atom. The van der Waals surface area contributed by atoms with Crippen molar-refractivity contribution in [2.75, 3.05) is 13.2 Å². The zero-order valence-corrected chi connectivity index (χ0v) is 43.3. The summed E-state index contributed by atoms with van der Waals surface area (Å²) in [6, 6.07) is 0. The number of rotatable bonds is 51. The van der Waals surface area contributed by atoms with Crippen molar-refractivity contribution in [1.82, 2.24) is 0 Å². The molecular formula is C59H106O6. The lowest BCUT2D eigenvalue weighted by Crippen LogP contribution is -2.30. The highest BCUT2D eigenvalue weighted by Gasteiger charge is 2.19. The molecule has 0 radical (unpaired) electrons. The van der Waals surface area contributed by atoms with Gasteiger partial charge in [0, 0.05) is 19.3 Å². The van der Waals surface area contributed by atoms with Gasteiger partial charge in [-0.25, -0.2) is 0 Å². The summed E-state index contributed by atoms with van der Waals surface area (Å²) < 4.78 is 16.9. The average Bonchev–Trinajstić information content (AvgIpc) is 3.30. The Hall–Kier alpha value is -2.63. The van der Waals surface area contributed by atoms with E-state index in [0.29, 0.717) is 19.3 Å². The van der Waals surface area contributed by atoms with Crippen LogP contribution in [0.15, 0.2) is 48.6 Å². The van der Waals surface area contributed by atoms with Gasteiger partial charge in [0.25, 0.3) is 0 Å². The summed E-state index contributed by atoms with van der Waals surface area (Å²) in [5.41, 5.74) is 0. The van der Waals surface area contributed by atoms with E-state index in [-0.39, 0.29) is 31.1 Å². The average molecular weight is 911 g/mol. The Bertz CT molecular complexity index is 1140. The first-order valence-electron chi connectivity index (χ1n) is 28.1. The molecule has 1 unspecified atom stereocenters. The molecule has 6 heteroatoms. The fraction of sp³-hybridized carbons (Fsp3) is 0.814. The van der Waals surface area contributed by atoms with Gasteiger partial charge in [-0.05, 0) is 57.8 Å². The van der Waals surface area contributed by atoms with Gasteiger partial charge in [0.15, 0.2) is 6.10 Å². The number of allylic oxidation sites excluding steroid dienone is 8. The molecule has 6 nitrogen and oxygen atoms in total. The molecule has 1 atom stereocenters. The van der Waals surface area contributed by atoms with Crippen molar-refractivity contribution in [3.8, 4) is 0 Å². The molecule has 0 aromatic rings. The molecule has 0 aromatic carbocycles. The van der Waals surface area contributed by atoms with Gasteiger partial charge in [0.1, 0.15) is 13.2 Å². The molecule has 0 saturated heterocycles. The van der Waals surface area contributed by atoms with E-state index in [4.69, 9.17) is 14.2 Å². The second kappa shape index (κ2) is 54.0. The highest BCUT2D eigenvalue weighted by molar-refractivity contribution is 5.71. The standard InChI is InChI=1S/C59H106O6/c1-4-7-10-13-16-19-22-25-28-29-30-31-32-35-37-40-43-46-49-52-58(61)64-55-56(65-59(62)53-50-47-44-41-38-34-27-24-21-18-15-12-9-6-3)54-63-57(60)51-48-45-42-39-36-33-26-23-20-17-14-11-8-5-2/h7,10,16,19,25,28,30-31,56H,4-6,8-9,11-15,17-18,20-24,26-27,29,32-55H2,1-3H3/b10-7-,19-16-,28-25-,31-30-. The quantitative estimate of drug-likeness (QED) is 0.0262. The van der Waals surface area contributed by atoms with Crippen LogP contribution in [0.5, 0.6) is 0 Å². The summed E-state index contributed by atoms with van der Waals surface area (Å²) >= 11 is 0. The van der Waals surface area contributed by atoms with Crippen LogP contribution in [0.1, 0.15) is 290 Å². The monoisotopic (exact) mass is 911 g/mol. The van der Waals surface area contributed by atoms with Crippen LogP contribution in [0.25, 0.3) is 0 Å². The summed E-state index contributed by atoms with van der Waals surface area (Å²) in [7, 11) is 0. The van der Waals surface area contributed by atoms with E-state index in [0.717, 1.165) is 89.9 Å². The SMILES string of the molecule is CC/C=C\C/C=C\C/C=C\C/C=C\CCCCCCCCC(=O)OCC(COC(=O)CCCCCCCCCCCCCCCC)OC(=O)CCCCCCCCCCCCCCCC. The van der Waals surface area contributed by atoms with E-state index in [9.17, 15) is 14.4 Å². The molecule has 0 aliphatic heterocycles. The second-order valence-corrected chi connectivity index (χ2v) is 18.8. The van der Waals surface area contributed by atoms with Crippen molar-refractivity contribution < 1.29 is 28.6 Å². The molecule has 0 heterocycles. The van der Waals surface area contributed by atoms with Gasteiger partial charge in [-0.15, -0.1) is 0 Å². The molecule has 0 spiro atoms. The number of hydrogen-bond acceptors (Lipinski definition) is 6. The fourth-order valence-corrected chi connectivity index (χ4v) is 8.14. The normalized spacial score (nSPS) is 12.4. The van der Waals surface area contributed by atoms with Gasteiger partial charge in [0.05, 0.1) is 0 Å². The maximum absolute atomic E-state index is 12.8. The largest absolute Gasteiger partial charge is 0.462 e. The number of carbonyl (C=O) groups is 3. The topological polar surface area (TPSA) is 78.9 Å². The van der Waals surface area contributed by atoms with Gasteiger partial charge in [-0.1, -0.05) is 262 Å². The molecular weight excluding hydrogens is 805 g/mol. The van der Waals surface area contributed by atoms with Crippen molar-refractivity contribution in [3.05, 3.63) is 48.6 Å². The number of carbonyl (C=O) groups excluding carboxylic acids is 3. The number of hydrogen-bond donors (Lipinski definition) is 0. The van der Waals surface area contributed by atoms with Crippen LogP contribution < -0.4 is 0 Å². The molecule has 0 rings (SSSR count). The number of ether oxygens (including phenoxy) is 3. The minimum absolute atomic E-state index is 0.0733. The van der Waals surface area contributed by atoms with Crippen molar-refractivity contribution >= 4 is 17.9 Å². The van der Waals surface area contributed by atoms with Crippen LogP contribution in [0.2, 0.25) is 0 Å². The Balaban J connectivity index is 4.36. The zero-order valence-electron chi connectivity index (χ0n) is 43.3. The Labute approximate surface area is 403 Å². The lowest BCUT2D eigenvalue weighted by molar-refractivity contribution is -0.167. The van der Waals surface area contributed by atoms with E-state index in [2.05, 4.69) is 69.4 Å². The van der Waals surface area contributed by atoms with Crippen LogP contribution in [-0.4, -0.2) is 37.2 Å². The number of unbranched alkanes of at least 4 members (excludes halogenated alkanes) is 32. The highest BCUT2D eigenvalue weighted by atomic mass is 16.6. The third-order valence-electron chi connectivity index (χ3n) is 12.3. The first kappa shape index (κ1) is 62.4. The predicted octanol–water partition coefficient (Wildman–Crippen LogP) is 18.7. The van der Waals surface area contributed by atoms with Gasteiger partial charge in [-0.2, -0.15) is 0 Å². The summed E-state index contributed by atoms with van der Waals surface area (Å²) in [4.78, 5) is 38.1. The lowest BCUT2D eigenvalue weighted by Gasteiger charge is -2.18. The molecule has 0 aromatic heterocycles.